The van der Waals surface area contributed by atoms with Crippen molar-refractivity contribution in [2.45, 2.75) is 20.0 Å². The van der Waals surface area contributed by atoms with Gasteiger partial charge < -0.3 is 9.47 Å². The number of para-hydroxylation sites is 1. The molecule has 2 heteroatoms. The van der Waals surface area contributed by atoms with Crippen molar-refractivity contribution in [1.82, 2.24) is 0 Å². The van der Waals surface area contributed by atoms with Crippen molar-refractivity contribution < 1.29 is 9.47 Å². The molecule has 18 heavy (non-hydrogen) atoms. The van der Waals surface area contributed by atoms with Crippen LogP contribution in [0.1, 0.15) is 13.8 Å². The van der Waals surface area contributed by atoms with Crippen molar-refractivity contribution in [3.8, 4) is 22.6 Å². The van der Waals surface area contributed by atoms with Gasteiger partial charge in [-0.2, -0.15) is 0 Å². The minimum atomic E-state index is 0.139. The summed E-state index contributed by atoms with van der Waals surface area (Å²) in [7, 11) is 1.67. The van der Waals surface area contributed by atoms with Gasteiger partial charge in [-0.05, 0) is 31.5 Å². The number of ether oxygens (including phenoxy) is 2. The van der Waals surface area contributed by atoms with Gasteiger partial charge >= 0.3 is 0 Å². The zero-order valence-corrected chi connectivity index (χ0v) is 10.9. The predicted octanol–water partition coefficient (Wildman–Crippen LogP) is 3.95. The molecule has 0 aliphatic carbocycles. The number of methoxy groups -OCH3 is 1. The number of hydrogen-bond acceptors (Lipinski definition) is 2. The smallest absolute Gasteiger partial charge is 0.135 e. The third kappa shape index (κ3) is 2.83. The minimum absolute atomic E-state index is 0.139. The van der Waals surface area contributed by atoms with E-state index in [0.29, 0.717) is 0 Å². The second-order valence-electron chi connectivity index (χ2n) is 4.31. The van der Waals surface area contributed by atoms with Crippen LogP contribution in [0.3, 0.4) is 0 Å². The molecule has 0 heterocycles. The fourth-order valence-corrected chi connectivity index (χ4v) is 1.75. The van der Waals surface area contributed by atoms with Crippen molar-refractivity contribution in [2.24, 2.45) is 0 Å². The molecule has 2 nitrogen and oxygen atoms in total. The first-order valence-electron chi connectivity index (χ1n) is 6.02. The van der Waals surface area contributed by atoms with Gasteiger partial charge in [0, 0.05) is 11.6 Å². The second kappa shape index (κ2) is 5.58. The molecule has 0 N–H and O–H groups in total. The maximum Gasteiger partial charge on any atom is 0.135 e. The lowest BCUT2D eigenvalue weighted by Crippen LogP contribution is -2.06. The SMILES string of the molecule is COc1ccc(-c2ccc[c]c2OC(C)C)cc1. The van der Waals surface area contributed by atoms with Gasteiger partial charge in [-0.1, -0.05) is 30.3 Å². The minimum Gasteiger partial charge on any atom is -0.497 e. The van der Waals surface area contributed by atoms with Crippen LogP contribution in [0.5, 0.6) is 11.5 Å². The first-order chi connectivity index (χ1) is 8.70. The molecule has 0 spiro atoms. The zero-order chi connectivity index (χ0) is 13.0. The number of rotatable bonds is 4. The van der Waals surface area contributed by atoms with E-state index in [1.807, 2.05) is 56.3 Å². The Labute approximate surface area is 108 Å². The van der Waals surface area contributed by atoms with Gasteiger partial charge in [-0.3, -0.25) is 0 Å². The molecule has 1 radical (unpaired) electrons. The summed E-state index contributed by atoms with van der Waals surface area (Å²) in [6, 6.07) is 16.9. The fourth-order valence-electron chi connectivity index (χ4n) is 1.75. The van der Waals surface area contributed by atoms with Gasteiger partial charge in [-0.15, -0.1) is 0 Å². The van der Waals surface area contributed by atoms with Gasteiger partial charge in [0.2, 0.25) is 0 Å². The summed E-state index contributed by atoms with van der Waals surface area (Å²) in [5.74, 6) is 1.64. The fraction of sp³-hybridized carbons (Fsp3) is 0.250. The quantitative estimate of drug-likeness (QED) is 0.807. The number of hydrogen-bond donors (Lipinski definition) is 0. The van der Waals surface area contributed by atoms with Crippen molar-refractivity contribution in [1.29, 1.82) is 0 Å². The van der Waals surface area contributed by atoms with Gasteiger partial charge in [-0.25, -0.2) is 0 Å². The summed E-state index contributed by atoms with van der Waals surface area (Å²) in [5, 5.41) is 0. The molecular weight excluding hydrogens is 224 g/mol. The van der Waals surface area contributed by atoms with Gasteiger partial charge in [0.15, 0.2) is 0 Å². The second-order valence-corrected chi connectivity index (χ2v) is 4.31. The van der Waals surface area contributed by atoms with Crippen LogP contribution in [-0.4, -0.2) is 13.2 Å². The highest BCUT2D eigenvalue weighted by Crippen LogP contribution is 2.31. The van der Waals surface area contributed by atoms with E-state index in [2.05, 4.69) is 6.07 Å². The van der Waals surface area contributed by atoms with Crippen molar-refractivity contribution in [2.75, 3.05) is 7.11 Å². The molecule has 0 amide bonds. The van der Waals surface area contributed by atoms with Crippen molar-refractivity contribution in [3.05, 3.63) is 48.5 Å². The van der Waals surface area contributed by atoms with E-state index in [1.54, 1.807) is 7.11 Å². The molecule has 0 bridgehead atoms. The topological polar surface area (TPSA) is 18.5 Å². The first-order valence-corrected chi connectivity index (χ1v) is 6.02. The van der Waals surface area contributed by atoms with E-state index < -0.39 is 0 Å². The van der Waals surface area contributed by atoms with Crippen LogP contribution in [0, 0.1) is 6.07 Å². The Morgan fingerprint density at radius 3 is 2.39 bits per heavy atom. The summed E-state index contributed by atoms with van der Waals surface area (Å²) in [6.45, 7) is 4.03. The molecule has 0 aromatic heterocycles. The van der Waals surface area contributed by atoms with E-state index in [1.165, 1.54) is 0 Å². The van der Waals surface area contributed by atoms with E-state index in [0.717, 1.165) is 22.6 Å². The third-order valence-corrected chi connectivity index (χ3v) is 2.57. The number of benzene rings is 2. The lowest BCUT2D eigenvalue weighted by molar-refractivity contribution is 0.243. The molecule has 93 valence electrons. The molecule has 0 aliphatic rings. The highest BCUT2D eigenvalue weighted by molar-refractivity contribution is 5.70. The Balaban J connectivity index is 2.36. The Kier molecular flexibility index (Phi) is 3.88. The van der Waals surface area contributed by atoms with Crippen LogP contribution in [0.4, 0.5) is 0 Å². The van der Waals surface area contributed by atoms with Crippen LogP contribution in [0.2, 0.25) is 0 Å². The maximum atomic E-state index is 5.77. The molecule has 0 fully saturated rings. The van der Waals surface area contributed by atoms with Crippen molar-refractivity contribution in [3.63, 3.8) is 0 Å². The van der Waals surface area contributed by atoms with E-state index in [4.69, 9.17) is 9.47 Å². The highest BCUT2D eigenvalue weighted by atomic mass is 16.5. The summed E-state index contributed by atoms with van der Waals surface area (Å²) >= 11 is 0. The Bertz CT molecular complexity index is 501. The van der Waals surface area contributed by atoms with Crippen LogP contribution < -0.4 is 9.47 Å². The molecule has 0 atom stereocenters. The van der Waals surface area contributed by atoms with E-state index in [-0.39, 0.29) is 6.10 Å². The standard InChI is InChI=1S/C16H17O2/c1-12(2)18-16-7-5-4-6-15(16)13-8-10-14(17-3)11-9-13/h4-6,8-12H,1-3H3. The average Bonchev–Trinajstić information content (AvgIpc) is 2.39. The Morgan fingerprint density at radius 2 is 1.78 bits per heavy atom. The van der Waals surface area contributed by atoms with Crippen LogP contribution in [0.25, 0.3) is 11.1 Å². The lowest BCUT2D eigenvalue weighted by atomic mass is 10.0. The monoisotopic (exact) mass is 241 g/mol. The average molecular weight is 241 g/mol. The first kappa shape index (κ1) is 12.5. The summed E-state index contributed by atoms with van der Waals surface area (Å²) in [6.07, 6.45) is 0.139. The van der Waals surface area contributed by atoms with Gasteiger partial charge in [0.05, 0.1) is 13.2 Å². The summed E-state index contributed by atoms with van der Waals surface area (Å²) in [5.41, 5.74) is 2.15. The lowest BCUT2D eigenvalue weighted by Gasteiger charge is -2.14. The molecular formula is C16H17O2. The predicted molar refractivity (Wildman–Crippen MR) is 73.0 cm³/mol. The van der Waals surface area contributed by atoms with E-state index in [9.17, 15) is 0 Å². The normalized spacial score (nSPS) is 10.4. The molecule has 0 saturated carbocycles. The Morgan fingerprint density at radius 1 is 1.06 bits per heavy atom. The van der Waals surface area contributed by atoms with Gasteiger partial charge in [0.25, 0.3) is 0 Å². The van der Waals surface area contributed by atoms with Crippen LogP contribution in [0.15, 0.2) is 42.5 Å². The third-order valence-electron chi connectivity index (χ3n) is 2.57. The molecule has 2 aromatic rings. The Hall–Kier alpha value is -1.96. The summed E-state index contributed by atoms with van der Waals surface area (Å²) in [4.78, 5) is 0. The highest BCUT2D eigenvalue weighted by Gasteiger charge is 2.07. The maximum absolute atomic E-state index is 5.77. The molecule has 2 aromatic carbocycles. The van der Waals surface area contributed by atoms with Crippen molar-refractivity contribution >= 4 is 0 Å². The molecule has 0 aliphatic heterocycles. The molecule has 2 rings (SSSR count). The van der Waals surface area contributed by atoms with Crippen LogP contribution >= 0.6 is 0 Å². The molecule has 0 saturated heterocycles. The molecule has 0 unspecified atom stereocenters. The zero-order valence-electron chi connectivity index (χ0n) is 10.9. The van der Waals surface area contributed by atoms with E-state index >= 15 is 0 Å². The van der Waals surface area contributed by atoms with Crippen LogP contribution in [-0.2, 0) is 0 Å². The largest absolute Gasteiger partial charge is 0.497 e. The van der Waals surface area contributed by atoms with Gasteiger partial charge in [0.1, 0.15) is 11.5 Å². The summed E-state index contributed by atoms with van der Waals surface area (Å²) < 4.78 is 10.9.